The van der Waals surface area contributed by atoms with Crippen LogP contribution in [0.2, 0.25) is 5.02 Å². The quantitative estimate of drug-likeness (QED) is 0.844. The maximum absolute atomic E-state index is 12.1. The monoisotopic (exact) mass is 336 g/mol. The first-order valence-corrected chi connectivity index (χ1v) is 7.97. The summed E-state index contributed by atoms with van der Waals surface area (Å²) in [5.74, 6) is 0.469. The summed E-state index contributed by atoms with van der Waals surface area (Å²) in [6.07, 6.45) is 0. The smallest absolute Gasteiger partial charge is 0.258 e. The van der Waals surface area contributed by atoms with Crippen molar-refractivity contribution in [3.05, 3.63) is 39.4 Å². The third-order valence-electron chi connectivity index (χ3n) is 3.36. The summed E-state index contributed by atoms with van der Waals surface area (Å²) in [7, 11) is 0. The van der Waals surface area contributed by atoms with E-state index < -0.39 is 0 Å². The fourth-order valence-corrected chi connectivity index (χ4v) is 2.46. The summed E-state index contributed by atoms with van der Waals surface area (Å²) in [5.41, 5.74) is 0.350. The van der Waals surface area contributed by atoms with E-state index in [0.29, 0.717) is 34.8 Å². The van der Waals surface area contributed by atoms with Crippen molar-refractivity contribution >= 4 is 28.4 Å². The van der Waals surface area contributed by atoms with E-state index in [2.05, 4.69) is 15.3 Å². The summed E-state index contributed by atoms with van der Waals surface area (Å²) in [6, 6.07) is 5.08. The molecule has 0 saturated carbocycles. The van der Waals surface area contributed by atoms with Crippen LogP contribution in [0.5, 0.6) is 0 Å². The molecule has 23 heavy (non-hydrogen) atoms. The van der Waals surface area contributed by atoms with Gasteiger partial charge in [0.15, 0.2) is 0 Å². The van der Waals surface area contributed by atoms with Gasteiger partial charge in [0, 0.05) is 11.1 Å². The summed E-state index contributed by atoms with van der Waals surface area (Å²) in [6.45, 7) is 7.10. The minimum absolute atomic E-state index is 0.0481. The van der Waals surface area contributed by atoms with E-state index in [1.54, 1.807) is 18.2 Å². The number of H-pyrrole nitrogens is 1. The first kappa shape index (κ1) is 17.4. The highest BCUT2D eigenvalue weighted by Gasteiger charge is 2.13. The van der Waals surface area contributed by atoms with Crippen molar-refractivity contribution in [2.45, 2.75) is 33.4 Å². The van der Waals surface area contributed by atoms with Gasteiger partial charge in [0.05, 0.1) is 24.0 Å². The van der Waals surface area contributed by atoms with Crippen LogP contribution in [0.25, 0.3) is 10.9 Å². The number of aromatic amines is 1. The molecule has 0 atom stereocenters. The van der Waals surface area contributed by atoms with Gasteiger partial charge in [-0.15, -0.1) is 0 Å². The molecule has 2 N–H and O–H groups in total. The first-order valence-electron chi connectivity index (χ1n) is 7.59. The predicted octanol–water partition coefficient (Wildman–Crippen LogP) is 1.92. The van der Waals surface area contributed by atoms with Crippen molar-refractivity contribution in [1.29, 1.82) is 0 Å². The van der Waals surface area contributed by atoms with Crippen LogP contribution < -0.4 is 10.9 Å². The highest BCUT2D eigenvalue weighted by molar-refractivity contribution is 6.31. The van der Waals surface area contributed by atoms with Gasteiger partial charge in [0.1, 0.15) is 5.82 Å². The second-order valence-corrected chi connectivity index (χ2v) is 6.14. The molecule has 0 aliphatic carbocycles. The molecule has 6 nitrogen and oxygen atoms in total. The van der Waals surface area contributed by atoms with E-state index in [1.807, 2.05) is 25.7 Å². The van der Waals surface area contributed by atoms with E-state index in [-0.39, 0.29) is 24.1 Å². The number of nitrogens with one attached hydrogen (secondary N) is 2. The van der Waals surface area contributed by atoms with Crippen LogP contribution in [0.4, 0.5) is 0 Å². The lowest BCUT2D eigenvalue weighted by atomic mass is 10.2. The Kier molecular flexibility index (Phi) is 5.74. The topological polar surface area (TPSA) is 78.1 Å². The molecule has 2 aromatic rings. The molecule has 0 unspecified atom stereocenters. The number of rotatable bonds is 6. The number of nitrogens with zero attached hydrogens (tertiary/aromatic N) is 2. The molecule has 7 heteroatoms. The second-order valence-electron chi connectivity index (χ2n) is 5.70. The SMILES string of the molecule is CCN(CC(=O)NC(C)C)Cc1nc2cc(Cl)ccc2c(=O)[nH]1. The number of fused-ring (bicyclic) bond motifs is 1. The van der Waals surface area contributed by atoms with Crippen molar-refractivity contribution in [1.82, 2.24) is 20.2 Å². The highest BCUT2D eigenvalue weighted by atomic mass is 35.5. The molecule has 1 aromatic carbocycles. The van der Waals surface area contributed by atoms with E-state index >= 15 is 0 Å². The number of carbonyl (C=O) groups is 1. The Balaban J connectivity index is 2.19. The van der Waals surface area contributed by atoms with Gasteiger partial charge in [-0.3, -0.25) is 14.5 Å². The molecule has 124 valence electrons. The molecule has 2 rings (SSSR count). The van der Waals surface area contributed by atoms with Crippen LogP contribution in [-0.4, -0.2) is 39.9 Å². The van der Waals surface area contributed by atoms with E-state index in [4.69, 9.17) is 11.6 Å². The Morgan fingerprint density at radius 2 is 2.17 bits per heavy atom. The maximum atomic E-state index is 12.1. The number of amides is 1. The number of hydrogen-bond donors (Lipinski definition) is 2. The molecule has 0 fully saturated rings. The van der Waals surface area contributed by atoms with Crippen LogP contribution in [-0.2, 0) is 11.3 Å². The molecule has 0 bridgehead atoms. The number of likely N-dealkylation sites (N-methyl/N-ethyl adjacent to an activating group) is 1. The van der Waals surface area contributed by atoms with Gasteiger partial charge in [0.2, 0.25) is 5.91 Å². The van der Waals surface area contributed by atoms with Gasteiger partial charge in [-0.2, -0.15) is 0 Å². The average molecular weight is 337 g/mol. The molecular formula is C16H21ClN4O2. The normalized spacial score (nSPS) is 11.4. The molecule has 0 aliphatic heterocycles. The van der Waals surface area contributed by atoms with Crippen molar-refractivity contribution < 1.29 is 4.79 Å². The molecular weight excluding hydrogens is 316 g/mol. The lowest BCUT2D eigenvalue weighted by Gasteiger charge is -2.20. The van der Waals surface area contributed by atoms with Crippen molar-refractivity contribution in [2.24, 2.45) is 0 Å². The lowest BCUT2D eigenvalue weighted by Crippen LogP contribution is -2.40. The molecule has 0 saturated heterocycles. The standard InChI is InChI=1S/C16H21ClN4O2/c1-4-21(9-15(22)18-10(2)3)8-14-19-13-7-11(17)5-6-12(13)16(23)20-14/h5-7,10H,4,8-9H2,1-3H3,(H,18,22)(H,19,20,23). The zero-order chi connectivity index (χ0) is 17.0. The summed E-state index contributed by atoms with van der Waals surface area (Å²) >= 11 is 5.96. The Morgan fingerprint density at radius 1 is 1.43 bits per heavy atom. The minimum atomic E-state index is -0.204. The maximum Gasteiger partial charge on any atom is 0.258 e. The van der Waals surface area contributed by atoms with Crippen LogP contribution in [0.3, 0.4) is 0 Å². The van der Waals surface area contributed by atoms with Gasteiger partial charge in [-0.25, -0.2) is 4.98 Å². The Labute approximate surface area is 139 Å². The Bertz CT molecular complexity index is 757. The van der Waals surface area contributed by atoms with Gasteiger partial charge >= 0.3 is 0 Å². The Morgan fingerprint density at radius 3 is 2.83 bits per heavy atom. The number of carbonyl (C=O) groups excluding carboxylic acids is 1. The van der Waals surface area contributed by atoms with Crippen molar-refractivity contribution in [3.63, 3.8) is 0 Å². The second kappa shape index (κ2) is 7.57. The highest BCUT2D eigenvalue weighted by Crippen LogP contribution is 2.14. The van der Waals surface area contributed by atoms with E-state index in [9.17, 15) is 9.59 Å². The van der Waals surface area contributed by atoms with Crippen LogP contribution >= 0.6 is 11.6 Å². The summed E-state index contributed by atoms with van der Waals surface area (Å²) in [4.78, 5) is 33.1. The molecule has 1 aromatic heterocycles. The molecule has 0 spiro atoms. The zero-order valence-corrected chi connectivity index (χ0v) is 14.3. The van der Waals surface area contributed by atoms with Crippen LogP contribution in [0.1, 0.15) is 26.6 Å². The number of halogens is 1. The van der Waals surface area contributed by atoms with E-state index in [0.717, 1.165) is 0 Å². The van der Waals surface area contributed by atoms with E-state index in [1.165, 1.54) is 0 Å². The van der Waals surface area contributed by atoms with Crippen molar-refractivity contribution in [3.8, 4) is 0 Å². The van der Waals surface area contributed by atoms with Gasteiger partial charge in [-0.05, 0) is 38.6 Å². The molecule has 1 heterocycles. The molecule has 0 aliphatic rings. The zero-order valence-electron chi connectivity index (χ0n) is 13.5. The predicted molar refractivity (Wildman–Crippen MR) is 91.6 cm³/mol. The first-order chi connectivity index (χ1) is 10.9. The minimum Gasteiger partial charge on any atom is -0.353 e. The summed E-state index contributed by atoms with van der Waals surface area (Å²) in [5, 5.41) is 3.88. The third-order valence-corrected chi connectivity index (χ3v) is 3.59. The number of aromatic nitrogens is 2. The average Bonchev–Trinajstić information content (AvgIpc) is 2.45. The van der Waals surface area contributed by atoms with Gasteiger partial charge in [0.25, 0.3) is 5.56 Å². The number of hydrogen-bond acceptors (Lipinski definition) is 4. The van der Waals surface area contributed by atoms with Gasteiger partial charge < -0.3 is 10.3 Å². The fourth-order valence-electron chi connectivity index (χ4n) is 2.30. The third kappa shape index (κ3) is 4.77. The lowest BCUT2D eigenvalue weighted by molar-refractivity contribution is -0.122. The fraction of sp³-hybridized carbons (Fsp3) is 0.438. The summed E-state index contributed by atoms with van der Waals surface area (Å²) < 4.78 is 0. The Hall–Kier alpha value is -1.92. The van der Waals surface area contributed by atoms with Crippen molar-refractivity contribution in [2.75, 3.05) is 13.1 Å². The largest absolute Gasteiger partial charge is 0.353 e. The van der Waals surface area contributed by atoms with Crippen LogP contribution in [0, 0.1) is 0 Å². The molecule has 1 amide bonds. The van der Waals surface area contributed by atoms with Gasteiger partial charge in [-0.1, -0.05) is 18.5 Å². The molecule has 0 radical (unpaired) electrons. The number of benzene rings is 1. The van der Waals surface area contributed by atoms with Crippen LogP contribution in [0.15, 0.2) is 23.0 Å².